The normalized spacial score (nSPS) is 11.5. The van der Waals surface area contributed by atoms with Gasteiger partial charge in [-0.1, -0.05) is 24.3 Å². The second-order valence-corrected chi connectivity index (χ2v) is 6.49. The zero-order valence-electron chi connectivity index (χ0n) is 16.7. The molecule has 7 nitrogen and oxygen atoms in total. The van der Waals surface area contributed by atoms with Gasteiger partial charge in [-0.2, -0.15) is 8.78 Å². The monoisotopic (exact) mass is 420 g/mol. The van der Waals surface area contributed by atoms with Crippen LogP contribution in [0.5, 0.6) is 5.75 Å². The molecule has 0 saturated carbocycles. The number of ether oxygens (including phenoxy) is 2. The van der Waals surface area contributed by atoms with Gasteiger partial charge in [-0.15, -0.1) is 0 Å². The molecule has 0 aromatic heterocycles. The fourth-order valence-electron chi connectivity index (χ4n) is 2.59. The number of alkyl halides is 2. The van der Waals surface area contributed by atoms with E-state index < -0.39 is 30.5 Å². The Kier molecular flexibility index (Phi) is 7.85. The van der Waals surface area contributed by atoms with Crippen molar-refractivity contribution >= 4 is 23.5 Å². The number of para-hydroxylation sites is 1. The number of hydrogen-bond donors (Lipinski definition) is 2. The molecule has 2 rings (SSSR count). The van der Waals surface area contributed by atoms with E-state index in [0.29, 0.717) is 5.69 Å². The molecule has 30 heavy (non-hydrogen) atoms. The topological polar surface area (TPSA) is 93.7 Å². The third-order valence-electron chi connectivity index (χ3n) is 4.12. The Labute approximate surface area is 172 Å². The van der Waals surface area contributed by atoms with Crippen molar-refractivity contribution in [3.05, 3.63) is 59.2 Å². The molecule has 1 atom stereocenters. The predicted molar refractivity (Wildman–Crippen MR) is 106 cm³/mol. The second kappa shape index (κ2) is 10.3. The van der Waals surface area contributed by atoms with E-state index in [9.17, 15) is 23.2 Å². The van der Waals surface area contributed by atoms with Crippen LogP contribution in [0.1, 0.15) is 28.4 Å². The Morgan fingerprint density at radius 3 is 2.30 bits per heavy atom. The fraction of sp³-hybridized carbons (Fsp3) is 0.286. The SMILES string of the molecule is Cc1cccc(C)c1NC(=O)CNC(=O)C(C)OC(=O)c1cccc(OC(F)F)c1. The van der Waals surface area contributed by atoms with Crippen molar-refractivity contribution in [3.63, 3.8) is 0 Å². The maximum absolute atomic E-state index is 12.3. The number of aryl methyl sites for hydroxylation is 2. The Hall–Kier alpha value is -3.49. The summed E-state index contributed by atoms with van der Waals surface area (Å²) in [4.78, 5) is 36.4. The van der Waals surface area contributed by atoms with Crippen LogP contribution in [-0.4, -0.2) is 37.0 Å². The second-order valence-electron chi connectivity index (χ2n) is 6.49. The highest BCUT2D eigenvalue weighted by Gasteiger charge is 2.20. The lowest BCUT2D eigenvalue weighted by molar-refractivity contribution is -0.130. The number of carbonyl (C=O) groups is 3. The molecule has 0 bridgehead atoms. The lowest BCUT2D eigenvalue weighted by atomic mass is 10.1. The third-order valence-corrected chi connectivity index (χ3v) is 4.12. The number of hydrogen-bond acceptors (Lipinski definition) is 5. The first kappa shape index (κ1) is 22.8. The number of esters is 1. The van der Waals surface area contributed by atoms with E-state index in [1.165, 1.54) is 25.1 Å². The van der Waals surface area contributed by atoms with Gasteiger partial charge in [0, 0.05) is 5.69 Å². The Morgan fingerprint density at radius 2 is 1.67 bits per heavy atom. The fourth-order valence-corrected chi connectivity index (χ4v) is 2.59. The van der Waals surface area contributed by atoms with Crippen molar-refractivity contribution < 1.29 is 32.6 Å². The molecule has 2 aromatic rings. The van der Waals surface area contributed by atoms with Crippen LogP contribution in [-0.2, 0) is 14.3 Å². The van der Waals surface area contributed by atoms with Gasteiger partial charge >= 0.3 is 12.6 Å². The van der Waals surface area contributed by atoms with Crippen molar-refractivity contribution in [2.24, 2.45) is 0 Å². The average Bonchev–Trinajstić information content (AvgIpc) is 2.68. The number of halogens is 2. The van der Waals surface area contributed by atoms with Gasteiger partial charge in [0.1, 0.15) is 5.75 Å². The van der Waals surface area contributed by atoms with Gasteiger partial charge < -0.3 is 20.1 Å². The summed E-state index contributed by atoms with van der Waals surface area (Å²) in [5, 5.41) is 5.11. The van der Waals surface area contributed by atoms with Gasteiger partial charge in [-0.05, 0) is 50.1 Å². The van der Waals surface area contributed by atoms with Gasteiger partial charge in [0.15, 0.2) is 6.10 Å². The number of carbonyl (C=O) groups excluding carboxylic acids is 3. The summed E-state index contributed by atoms with van der Waals surface area (Å²) in [6.45, 7) is 1.69. The van der Waals surface area contributed by atoms with E-state index in [0.717, 1.165) is 17.2 Å². The van der Waals surface area contributed by atoms with Crippen LogP contribution in [0.3, 0.4) is 0 Å². The minimum absolute atomic E-state index is 0.0550. The zero-order valence-corrected chi connectivity index (χ0v) is 16.7. The molecule has 0 aliphatic carbocycles. The lowest BCUT2D eigenvalue weighted by Crippen LogP contribution is -2.40. The van der Waals surface area contributed by atoms with Crippen LogP contribution in [0, 0.1) is 13.8 Å². The highest BCUT2D eigenvalue weighted by atomic mass is 19.3. The minimum Gasteiger partial charge on any atom is -0.449 e. The molecule has 0 aliphatic heterocycles. The molecule has 9 heteroatoms. The van der Waals surface area contributed by atoms with E-state index in [-0.39, 0.29) is 17.9 Å². The molecular weight excluding hydrogens is 398 g/mol. The first-order valence-corrected chi connectivity index (χ1v) is 9.07. The van der Waals surface area contributed by atoms with Crippen molar-refractivity contribution in [1.82, 2.24) is 5.32 Å². The molecule has 0 spiro atoms. The van der Waals surface area contributed by atoms with Gasteiger partial charge in [-0.3, -0.25) is 9.59 Å². The highest BCUT2D eigenvalue weighted by Crippen LogP contribution is 2.19. The highest BCUT2D eigenvalue weighted by molar-refractivity contribution is 5.97. The molecule has 2 aromatic carbocycles. The van der Waals surface area contributed by atoms with Gasteiger partial charge in [0.05, 0.1) is 12.1 Å². The van der Waals surface area contributed by atoms with Gasteiger partial charge in [0.2, 0.25) is 5.91 Å². The molecule has 1 unspecified atom stereocenters. The largest absolute Gasteiger partial charge is 0.449 e. The van der Waals surface area contributed by atoms with Crippen molar-refractivity contribution in [3.8, 4) is 5.75 Å². The van der Waals surface area contributed by atoms with Crippen molar-refractivity contribution in [2.75, 3.05) is 11.9 Å². The van der Waals surface area contributed by atoms with Crippen LogP contribution in [0.15, 0.2) is 42.5 Å². The van der Waals surface area contributed by atoms with Crippen molar-refractivity contribution in [1.29, 1.82) is 0 Å². The van der Waals surface area contributed by atoms with E-state index in [1.807, 2.05) is 32.0 Å². The van der Waals surface area contributed by atoms with E-state index >= 15 is 0 Å². The number of anilines is 1. The molecule has 0 radical (unpaired) electrons. The summed E-state index contributed by atoms with van der Waals surface area (Å²) in [6, 6.07) is 10.6. The standard InChI is InChI=1S/C21H22F2N2O5/c1-12-6-4-7-13(2)18(12)25-17(26)11-24-19(27)14(3)29-20(28)15-8-5-9-16(10-15)30-21(22)23/h4-10,14,21H,11H2,1-3H3,(H,24,27)(H,25,26). The smallest absolute Gasteiger partial charge is 0.387 e. The van der Waals surface area contributed by atoms with Crippen molar-refractivity contribution in [2.45, 2.75) is 33.5 Å². The van der Waals surface area contributed by atoms with Crippen LogP contribution in [0.2, 0.25) is 0 Å². The van der Waals surface area contributed by atoms with Crippen LogP contribution in [0.25, 0.3) is 0 Å². The Morgan fingerprint density at radius 1 is 1.03 bits per heavy atom. The number of benzene rings is 2. The summed E-state index contributed by atoms with van der Waals surface area (Å²) < 4.78 is 33.8. The molecule has 0 heterocycles. The summed E-state index contributed by atoms with van der Waals surface area (Å²) in [5.41, 5.74) is 2.38. The first-order valence-electron chi connectivity index (χ1n) is 9.07. The minimum atomic E-state index is -3.03. The van der Waals surface area contributed by atoms with E-state index in [1.54, 1.807) is 0 Å². The molecule has 2 amide bonds. The quantitative estimate of drug-likeness (QED) is 0.640. The summed E-state index contributed by atoms with van der Waals surface area (Å²) in [5.74, 6) is -2.21. The van der Waals surface area contributed by atoms with Gasteiger partial charge in [0.25, 0.3) is 5.91 Å². The van der Waals surface area contributed by atoms with E-state index in [4.69, 9.17) is 4.74 Å². The predicted octanol–water partition coefficient (Wildman–Crippen LogP) is 3.21. The Bertz CT molecular complexity index is 913. The number of rotatable bonds is 8. The molecule has 2 N–H and O–H groups in total. The summed E-state index contributed by atoms with van der Waals surface area (Å²) in [7, 11) is 0. The number of nitrogens with one attached hydrogen (secondary N) is 2. The van der Waals surface area contributed by atoms with E-state index in [2.05, 4.69) is 15.4 Å². The summed E-state index contributed by atoms with van der Waals surface area (Å²) >= 11 is 0. The summed E-state index contributed by atoms with van der Waals surface area (Å²) in [6.07, 6.45) is -1.20. The van der Waals surface area contributed by atoms with Crippen LogP contribution in [0.4, 0.5) is 14.5 Å². The molecule has 0 aliphatic rings. The Balaban J connectivity index is 1.87. The van der Waals surface area contributed by atoms with Crippen LogP contribution < -0.4 is 15.4 Å². The zero-order chi connectivity index (χ0) is 22.3. The molecule has 160 valence electrons. The molecular formula is C21H22F2N2O5. The molecule has 0 saturated heterocycles. The van der Waals surface area contributed by atoms with Gasteiger partial charge in [-0.25, -0.2) is 4.79 Å². The third kappa shape index (κ3) is 6.54. The van der Waals surface area contributed by atoms with Crippen LogP contribution >= 0.6 is 0 Å². The average molecular weight is 420 g/mol. The first-order chi connectivity index (χ1) is 14.2. The maximum Gasteiger partial charge on any atom is 0.387 e. The maximum atomic E-state index is 12.3. The molecule has 0 fully saturated rings. The number of amides is 2. The lowest BCUT2D eigenvalue weighted by Gasteiger charge is -2.15.